The molecule has 0 aliphatic carbocycles. The summed E-state index contributed by atoms with van der Waals surface area (Å²) < 4.78 is 9.89. The van der Waals surface area contributed by atoms with Crippen LogP contribution < -0.4 is 10.6 Å². The molecule has 0 aromatic rings. The Morgan fingerprint density at radius 3 is 2.09 bits per heavy atom. The van der Waals surface area contributed by atoms with Crippen molar-refractivity contribution in [3.8, 4) is 0 Å². The summed E-state index contributed by atoms with van der Waals surface area (Å²) in [7, 11) is 1.31. The summed E-state index contributed by atoms with van der Waals surface area (Å²) in [6.07, 6.45) is 1.65. The van der Waals surface area contributed by atoms with Gasteiger partial charge >= 0.3 is 12.1 Å². The first-order valence-electron chi connectivity index (χ1n) is 7.77. The van der Waals surface area contributed by atoms with Crippen molar-refractivity contribution in [3.63, 3.8) is 0 Å². The van der Waals surface area contributed by atoms with Crippen LogP contribution in [0.25, 0.3) is 0 Å². The molecule has 22 heavy (non-hydrogen) atoms. The van der Waals surface area contributed by atoms with Gasteiger partial charge in [0, 0.05) is 5.54 Å². The molecule has 0 spiro atoms. The fourth-order valence-electron chi connectivity index (χ4n) is 1.78. The second-order valence-corrected chi connectivity index (χ2v) is 7.39. The fourth-order valence-corrected chi connectivity index (χ4v) is 1.78. The fraction of sp³-hybridized carbons (Fsp3) is 0.875. The third kappa shape index (κ3) is 11.4. The lowest BCUT2D eigenvalue weighted by Crippen LogP contribution is -2.44. The normalized spacial score (nSPS) is 13.4. The highest BCUT2D eigenvalue weighted by molar-refractivity contribution is 5.81. The zero-order valence-corrected chi connectivity index (χ0v) is 15.0. The number of alkyl carbamates (subject to hydrolysis) is 1. The maximum absolute atomic E-state index is 11.8. The maximum Gasteiger partial charge on any atom is 0.408 e. The lowest BCUT2D eigenvalue weighted by molar-refractivity contribution is -0.143. The van der Waals surface area contributed by atoms with Crippen LogP contribution in [0.5, 0.6) is 0 Å². The van der Waals surface area contributed by atoms with Crippen molar-refractivity contribution in [3.05, 3.63) is 0 Å². The molecular formula is C16H32N2O4. The molecular weight excluding hydrogens is 284 g/mol. The zero-order chi connectivity index (χ0) is 17.4. The van der Waals surface area contributed by atoms with E-state index in [2.05, 4.69) is 31.4 Å². The van der Waals surface area contributed by atoms with Gasteiger partial charge in [0.15, 0.2) is 0 Å². The molecule has 0 saturated heterocycles. The molecule has 6 heteroatoms. The van der Waals surface area contributed by atoms with E-state index in [9.17, 15) is 9.59 Å². The molecule has 0 aliphatic rings. The smallest absolute Gasteiger partial charge is 0.408 e. The van der Waals surface area contributed by atoms with E-state index in [0.717, 1.165) is 19.4 Å². The molecule has 0 aromatic carbocycles. The van der Waals surface area contributed by atoms with E-state index in [1.165, 1.54) is 7.11 Å². The number of methoxy groups -OCH3 is 1. The predicted molar refractivity (Wildman–Crippen MR) is 86.8 cm³/mol. The van der Waals surface area contributed by atoms with Gasteiger partial charge in [-0.15, -0.1) is 0 Å². The Morgan fingerprint density at radius 1 is 1.05 bits per heavy atom. The third-order valence-corrected chi connectivity index (χ3v) is 2.75. The van der Waals surface area contributed by atoms with Gasteiger partial charge in [0.05, 0.1) is 7.11 Å². The van der Waals surface area contributed by atoms with Crippen molar-refractivity contribution < 1.29 is 19.1 Å². The summed E-state index contributed by atoms with van der Waals surface area (Å²) in [5.41, 5.74) is -0.516. The molecule has 1 amide bonds. The van der Waals surface area contributed by atoms with E-state index in [1.54, 1.807) is 20.8 Å². The van der Waals surface area contributed by atoms with Gasteiger partial charge in [0.25, 0.3) is 0 Å². The van der Waals surface area contributed by atoms with E-state index in [0.29, 0.717) is 6.42 Å². The minimum Gasteiger partial charge on any atom is -0.467 e. The summed E-state index contributed by atoms with van der Waals surface area (Å²) in [4.78, 5) is 23.5. The van der Waals surface area contributed by atoms with Crippen LogP contribution in [0.1, 0.15) is 60.8 Å². The second kappa shape index (κ2) is 8.98. The molecule has 0 aromatic heterocycles. The van der Waals surface area contributed by atoms with Crippen molar-refractivity contribution in [2.75, 3.05) is 13.7 Å². The Balaban J connectivity index is 4.25. The van der Waals surface area contributed by atoms with Crippen LogP contribution in [-0.2, 0) is 14.3 Å². The molecule has 0 heterocycles. The molecule has 0 fully saturated rings. The van der Waals surface area contributed by atoms with Gasteiger partial charge in [0.1, 0.15) is 11.6 Å². The first-order valence-corrected chi connectivity index (χ1v) is 7.77. The molecule has 2 N–H and O–H groups in total. The summed E-state index contributed by atoms with van der Waals surface area (Å²) in [5.74, 6) is -0.449. The average molecular weight is 316 g/mol. The van der Waals surface area contributed by atoms with Crippen LogP contribution in [0.4, 0.5) is 4.79 Å². The van der Waals surface area contributed by atoms with Gasteiger partial charge in [0.2, 0.25) is 0 Å². The molecule has 1 atom stereocenters. The number of hydrogen-bond donors (Lipinski definition) is 2. The number of hydrogen-bond acceptors (Lipinski definition) is 5. The van der Waals surface area contributed by atoms with Crippen LogP contribution in [0.15, 0.2) is 0 Å². The molecule has 0 radical (unpaired) electrons. The highest BCUT2D eigenvalue weighted by Crippen LogP contribution is 2.09. The number of carbonyl (C=O) groups is 2. The highest BCUT2D eigenvalue weighted by atomic mass is 16.6. The van der Waals surface area contributed by atoms with Gasteiger partial charge in [-0.1, -0.05) is 0 Å². The minimum atomic E-state index is -0.672. The Kier molecular flexibility index (Phi) is 8.45. The number of esters is 1. The SMILES string of the molecule is COC(=O)[C@H](CCCCNC(C)(C)C)NC(=O)OC(C)(C)C. The van der Waals surface area contributed by atoms with E-state index < -0.39 is 23.7 Å². The van der Waals surface area contributed by atoms with Crippen LogP contribution >= 0.6 is 0 Å². The summed E-state index contributed by atoms with van der Waals surface area (Å²) in [5, 5.41) is 5.96. The second-order valence-electron chi connectivity index (χ2n) is 7.39. The van der Waals surface area contributed by atoms with Crippen molar-refractivity contribution in [1.29, 1.82) is 0 Å². The van der Waals surface area contributed by atoms with Gasteiger partial charge < -0.3 is 20.1 Å². The minimum absolute atomic E-state index is 0.0799. The number of ether oxygens (including phenoxy) is 2. The van der Waals surface area contributed by atoms with Crippen molar-refractivity contribution in [1.82, 2.24) is 10.6 Å². The predicted octanol–water partition coefficient (Wildman–Crippen LogP) is 2.61. The molecule has 0 saturated carbocycles. The van der Waals surface area contributed by atoms with Crippen molar-refractivity contribution >= 4 is 12.1 Å². The standard InChI is InChI=1S/C16H32N2O4/c1-15(2,3)17-11-9-8-10-12(13(19)21-7)18-14(20)22-16(4,5)6/h12,17H,8-11H2,1-7H3,(H,18,20)/t12-/m0/s1. The summed E-state index contributed by atoms with van der Waals surface area (Å²) in [6, 6.07) is -0.672. The first kappa shape index (κ1) is 20.7. The number of nitrogens with one attached hydrogen (secondary N) is 2. The van der Waals surface area contributed by atoms with E-state index in [1.807, 2.05) is 0 Å². The quantitative estimate of drug-likeness (QED) is 0.558. The largest absolute Gasteiger partial charge is 0.467 e. The zero-order valence-electron chi connectivity index (χ0n) is 15.0. The van der Waals surface area contributed by atoms with Crippen LogP contribution in [0, 0.1) is 0 Å². The molecule has 0 aliphatic heterocycles. The molecule has 0 unspecified atom stereocenters. The number of unbranched alkanes of at least 4 members (excludes halogenated alkanes) is 1. The van der Waals surface area contributed by atoms with E-state index >= 15 is 0 Å². The molecule has 6 nitrogen and oxygen atoms in total. The van der Waals surface area contributed by atoms with Gasteiger partial charge in [-0.25, -0.2) is 9.59 Å². The first-order chi connectivity index (χ1) is 9.94. The summed E-state index contributed by atoms with van der Waals surface area (Å²) >= 11 is 0. The van der Waals surface area contributed by atoms with Crippen molar-refractivity contribution in [2.24, 2.45) is 0 Å². The van der Waals surface area contributed by atoms with E-state index in [-0.39, 0.29) is 5.54 Å². The third-order valence-electron chi connectivity index (χ3n) is 2.75. The van der Waals surface area contributed by atoms with Crippen LogP contribution in [-0.4, -0.2) is 42.9 Å². The Labute approximate surface area is 134 Å². The van der Waals surface area contributed by atoms with Crippen molar-refractivity contribution in [2.45, 2.75) is 78.0 Å². The Bertz CT molecular complexity index is 356. The lowest BCUT2D eigenvalue weighted by Gasteiger charge is -2.23. The Morgan fingerprint density at radius 2 is 1.64 bits per heavy atom. The topological polar surface area (TPSA) is 76.7 Å². The van der Waals surface area contributed by atoms with E-state index in [4.69, 9.17) is 9.47 Å². The Hall–Kier alpha value is -1.30. The number of rotatable bonds is 7. The highest BCUT2D eigenvalue weighted by Gasteiger charge is 2.24. The molecule has 130 valence electrons. The van der Waals surface area contributed by atoms with Gasteiger partial charge in [-0.2, -0.15) is 0 Å². The van der Waals surface area contributed by atoms with Gasteiger partial charge in [-0.3, -0.25) is 0 Å². The van der Waals surface area contributed by atoms with Crippen LogP contribution in [0.2, 0.25) is 0 Å². The average Bonchev–Trinajstić information content (AvgIpc) is 2.32. The maximum atomic E-state index is 11.8. The summed E-state index contributed by atoms with van der Waals surface area (Å²) in [6.45, 7) is 12.5. The molecule has 0 bridgehead atoms. The monoisotopic (exact) mass is 316 g/mol. The van der Waals surface area contributed by atoms with Gasteiger partial charge in [-0.05, 0) is 67.3 Å². The number of carbonyl (C=O) groups excluding carboxylic acids is 2. The van der Waals surface area contributed by atoms with Crippen LogP contribution in [0.3, 0.4) is 0 Å². The number of amides is 1. The lowest BCUT2D eigenvalue weighted by atomic mass is 10.1. The molecule has 0 rings (SSSR count).